The number of ether oxygens (including phenoxy) is 2. The number of hydrogen-bond donors (Lipinski definition) is 0. The highest BCUT2D eigenvalue weighted by atomic mass is 35.5. The molecule has 30 heavy (non-hydrogen) atoms. The summed E-state index contributed by atoms with van der Waals surface area (Å²) in [6, 6.07) is 12.9. The summed E-state index contributed by atoms with van der Waals surface area (Å²) in [7, 11) is 1.63. The van der Waals surface area contributed by atoms with Gasteiger partial charge in [0.05, 0.1) is 41.1 Å². The molecule has 1 fully saturated rings. The van der Waals surface area contributed by atoms with Crippen LogP contribution in [0.1, 0.15) is 10.4 Å². The zero-order chi connectivity index (χ0) is 20.2. The molecule has 2 heterocycles. The minimum absolute atomic E-state index is 0. The van der Waals surface area contributed by atoms with Gasteiger partial charge in [0.15, 0.2) is 5.13 Å². The van der Waals surface area contributed by atoms with E-state index in [9.17, 15) is 4.79 Å². The predicted molar refractivity (Wildman–Crippen MR) is 124 cm³/mol. The Kier molecular flexibility index (Phi) is 7.91. The van der Waals surface area contributed by atoms with Gasteiger partial charge in [-0.15, -0.1) is 12.4 Å². The molecule has 0 N–H and O–H groups in total. The van der Waals surface area contributed by atoms with Crippen LogP contribution in [0.25, 0.3) is 10.2 Å². The van der Waals surface area contributed by atoms with E-state index in [1.807, 2.05) is 30.3 Å². The van der Waals surface area contributed by atoms with E-state index < -0.39 is 0 Å². The van der Waals surface area contributed by atoms with E-state index in [4.69, 9.17) is 26.1 Å². The van der Waals surface area contributed by atoms with Crippen molar-refractivity contribution in [3.05, 3.63) is 53.1 Å². The van der Waals surface area contributed by atoms with Crippen LogP contribution in [0.15, 0.2) is 42.5 Å². The summed E-state index contributed by atoms with van der Waals surface area (Å²) in [5.41, 5.74) is 1.29. The lowest BCUT2D eigenvalue weighted by Crippen LogP contribution is -2.43. The number of methoxy groups -OCH3 is 1. The van der Waals surface area contributed by atoms with Gasteiger partial charge in [0.1, 0.15) is 5.75 Å². The molecule has 3 aromatic rings. The fraction of sp³-hybridized carbons (Fsp3) is 0.333. The number of fused-ring (bicyclic) bond motifs is 1. The molecule has 1 aromatic heterocycles. The van der Waals surface area contributed by atoms with Crippen molar-refractivity contribution in [2.75, 3.05) is 51.4 Å². The second kappa shape index (κ2) is 10.4. The van der Waals surface area contributed by atoms with Gasteiger partial charge in [-0.25, -0.2) is 4.98 Å². The lowest BCUT2D eigenvalue weighted by Gasteiger charge is -2.29. The minimum Gasteiger partial charge on any atom is -0.497 e. The van der Waals surface area contributed by atoms with Gasteiger partial charge < -0.3 is 9.47 Å². The van der Waals surface area contributed by atoms with Gasteiger partial charge in [-0.2, -0.15) is 0 Å². The van der Waals surface area contributed by atoms with Crippen molar-refractivity contribution in [3.63, 3.8) is 0 Å². The van der Waals surface area contributed by atoms with E-state index in [0.717, 1.165) is 48.8 Å². The summed E-state index contributed by atoms with van der Waals surface area (Å²) in [6.07, 6.45) is 0. The van der Waals surface area contributed by atoms with E-state index in [-0.39, 0.29) is 18.3 Å². The second-order valence-electron chi connectivity index (χ2n) is 6.72. The Labute approximate surface area is 190 Å². The first-order valence-corrected chi connectivity index (χ1v) is 10.7. The lowest BCUT2D eigenvalue weighted by atomic mass is 10.2. The number of anilines is 1. The van der Waals surface area contributed by atoms with Crippen LogP contribution in [0.2, 0.25) is 5.02 Å². The molecule has 0 aliphatic carbocycles. The topological polar surface area (TPSA) is 54.9 Å². The van der Waals surface area contributed by atoms with Gasteiger partial charge in [0.25, 0.3) is 5.91 Å². The number of hydrogen-bond acceptors (Lipinski definition) is 6. The number of carbonyl (C=O) groups is 1. The SMILES string of the molecule is COc1ccc2sc(N(CCN3CCOCC3)C(=O)c3ccccc3Cl)nc2c1.Cl. The molecule has 1 aliphatic heterocycles. The molecule has 0 atom stereocenters. The molecule has 0 spiro atoms. The van der Waals surface area contributed by atoms with Crippen LogP contribution in [-0.2, 0) is 4.74 Å². The summed E-state index contributed by atoms with van der Waals surface area (Å²) >= 11 is 7.80. The first-order chi connectivity index (χ1) is 14.2. The van der Waals surface area contributed by atoms with Gasteiger partial charge in [-0.1, -0.05) is 35.1 Å². The largest absolute Gasteiger partial charge is 0.497 e. The van der Waals surface area contributed by atoms with Crippen molar-refractivity contribution >= 4 is 56.6 Å². The molecule has 2 aromatic carbocycles. The van der Waals surface area contributed by atoms with Crippen LogP contribution in [0, 0.1) is 0 Å². The standard InChI is InChI=1S/C21H22ClN3O3S.ClH/c1-27-15-6-7-19-18(14-15)23-21(29-19)25(9-8-24-10-12-28-13-11-24)20(26)16-4-2-3-5-17(16)22;/h2-7,14H,8-13H2,1H3;1H. The Balaban J connectivity index is 0.00000256. The Morgan fingerprint density at radius 3 is 2.77 bits per heavy atom. The summed E-state index contributed by atoms with van der Waals surface area (Å²) in [4.78, 5) is 22.1. The zero-order valence-corrected chi connectivity index (χ0v) is 18.9. The predicted octanol–water partition coefficient (Wildman–Crippen LogP) is 4.36. The molecule has 0 radical (unpaired) electrons. The molecule has 9 heteroatoms. The number of aromatic nitrogens is 1. The summed E-state index contributed by atoms with van der Waals surface area (Å²) in [5, 5.41) is 1.10. The van der Waals surface area contributed by atoms with Gasteiger partial charge >= 0.3 is 0 Å². The zero-order valence-electron chi connectivity index (χ0n) is 16.5. The number of nitrogens with zero attached hydrogens (tertiary/aromatic N) is 3. The highest BCUT2D eigenvalue weighted by Crippen LogP contribution is 2.32. The van der Waals surface area contributed by atoms with Gasteiger partial charge in [-0.3, -0.25) is 14.6 Å². The minimum atomic E-state index is -0.144. The maximum Gasteiger partial charge on any atom is 0.261 e. The maximum absolute atomic E-state index is 13.4. The normalized spacial score (nSPS) is 14.3. The van der Waals surface area contributed by atoms with E-state index in [1.54, 1.807) is 24.1 Å². The number of amides is 1. The van der Waals surface area contributed by atoms with Crippen molar-refractivity contribution < 1.29 is 14.3 Å². The summed E-state index contributed by atoms with van der Waals surface area (Å²) in [5.74, 6) is 0.599. The van der Waals surface area contributed by atoms with Gasteiger partial charge in [-0.05, 0) is 24.3 Å². The number of thiazole rings is 1. The van der Waals surface area contributed by atoms with Crippen LogP contribution in [-0.4, -0.2) is 62.3 Å². The van der Waals surface area contributed by atoms with Crippen molar-refractivity contribution in [2.24, 2.45) is 0 Å². The van der Waals surface area contributed by atoms with Gasteiger partial charge in [0.2, 0.25) is 0 Å². The monoisotopic (exact) mass is 467 g/mol. The molecule has 0 unspecified atom stereocenters. The van der Waals surface area contributed by atoms with Crippen molar-refractivity contribution in [1.29, 1.82) is 0 Å². The number of morpholine rings is 1. The molecular formula is C21H23Cl2N3O3S. The first kappa shape index (κ1) is 22.8. The third kappa shape index (κ3) is 5.04. The quantitative estimate of drug-likeness (QED) is 0.538. The number of halogens is 2. The molecule has 6 nitrogen and oxygen atoms in total. The Bertz CT molecular complexity index is 1010. The Morgan fingerprint density at radius 1 is 1.27 bits per heavy atom. The average molecular weight is 468 g/mol. The van der Waals surface area contributed by atoms with Crippen LogP contribution in [0.4, 0.5) is 5.13 Å². The van der Waals surface area contributed by atoms with Crippen LogP contribution < -0.4 is 9.64 Å². The molecule has 160 valence electrons. The third-order valence-electron chi connectivity index (χ3n) is 4.91. The summed E-state index contributed by atoms with van der Waals surface area (Å²) in [6.45, 7) is 4.45. The molecule has 1 amide bonds. The fourth-order valence-corrected chi connectivity index (χ4v) is 4.45. The molecule has 1 saturated heterocycles. The number of benzene rings is 2. The van der Waals surface area contributed by atoms with E-state index >= 15 is 0 Å². The first-order valence-electron chi connectivity index (χ1n) is 9.47. The molecule has 0 bridgehead atoms. The van der Waals surface area contributed by atoms with Crippen molar-refractivity contribution in [1.82, 2.24) is 9.88 Å². The number of rotatable bonds is 6. The third-order valence-corrected chi connectivity index (χ3v) is 6.30. The summed E-state index contributed by atoms with van der Waals surface area (Å²) < 4.78 is 11.7. The van der Waals surface area contributed by atoms with E-state index in [0.29, 0.717) is 22.3 Å². The van der Waals surface area contributed by atoms with E-state index in [1.165, 1.54) is 11.3 Å². The van der Waals surface area contributed by atoms with Crippen LogP contribution in [0.3, 0.4) is 0 Å². The van der Waals surface area contributed by atoms with Crippen molar-refractivity contribution in [3.8, 4) is 5.75 Å². The second-order valence-corrected chi connectivity index (χ2v) is 8.14. The van der Waals surface area contributed by atoms with Gasteiger partial charge in [0, 0.05) is 32.2 Å². The molecule has 0 saturated carbocycles. The smallest absolute Gasteiger partial charge is 0.261 e. The highest BCUT2D eigenvalue weighted by molar-refractivity contribution is 7.22. The lowest BCUT2D eigenvalue weighted by molar-refractivity contribution is 0.0391. The number of carbonyl (C=O) groups excluding carboxylic acids is 1. The fourth-order valence-electron chi connectivity index (χ4n) is 3.27. The highest BCUT2D eigenvalue weighted by Gasteiger charge is 2.24. The maximum atomic E-state index is 13.4. The average Bonchev–Trinajstić information content (AvgIpc) is 3.17. The van der Waals surface area contributed by atoms with Crippen LogP contribution >= 0.6 is 35.3 Å². The van der Waals surface area contributed by atoms with Crippen LogP contribution in [0.5, 0.6) is 5.75 Å². The molecule has 4 rings (SSSR count). The molecular weight excluding hydrogens is 445 g/mol. The molecule has 1 aliphatic rings. The Morgan fingerprint density at radius 2 is 2.03 bits per heavy atom. The Hall–Kier alpha value is -1.90. The van der Waals surface area contributed by atoms with Crippen molar-refractivity contribution in [2.45, 2.75) is 0 Å². The van der Waals surface area contributed by atoms with E-state index in [2.05, 4.69) is 4.90 Å².